The van der Waals surface area contributed by atoms with E-state index in [1.807, 2.05) is 26.8 Å². The molecule has 3 rings (SSSR count). The summed E-state index contributed by atoms with van der Waals surface area (Å²) in [4.78, 5) is 24.5. The molecule has 3 atom stereocenters. The molecule has 1 aromatic rings. The number of hydrogen-bond donors (Lipinski definition) is 0. The Hall–Kier alpha value is -2.11. The standard InChI is InChI=1S/C17H22N2O4/c1-16(2,3)23-15(20)18-9-13-14(10-18)17(13,4)11-6-5-7-12(8-11)19(21)22/h5-8,13-14H,9-10H2,1-4H3/t13-,14+,17?. The normalized spacial score (nSPS) is 29.1. The largest absolute Gasteiger partial charge is 0.444 e. The van der Waals surface area contributed by atoms with Gasteiger partial charge in [-0.3, -0.25) is 10.1 Å². The van der Waals surface area contributed by atoms with E-state index in [0.29, 0.717) is 24.9 Å². The summed E-state index contributed by atoms with van der Waals surface area (Å²) in [7, 11) is 0. The molecule has 2 fully saturated rings. The van der Waals surface area contributed by atoms with Gasteiger partial charge >= 0.3 is 6.09 Å². The number of nitro groups is 1. The number of carbonyl (C=O) groups is 1. The molecule has 1 saturated heterocycles. The smallest absolute Gasteiger partial charge is 0.410 e. The van der Waals surface area contributed by atoms with Gasteiger partial charge in [0.15, 0.2) is 0 Å². The molecule has 0 spiro atoms. The minimum Gasteiger partial charge on any atom is -0.444 e. The van der Waals surface area contributed by atoms with Crippen molar-refractivity contribution in [1.82, 2.24) is 4.90 Å². The quantitative estimate of drug-likeness (QED) is 0.619. The van der Waals surface area contributed by atoms with Crippen LogP contribution < -0.4 is 0 Å². The van der Waals surface area contributed by atoms with Gasteiger partial charge in [-0.1, -0.05) is 19.1 Å². The van der Waals surface area contributed by atoms with Crippen LogP contribution in [0.15, 0.2) is 24.3 Å². The molecule has 124 valence electrons. The number of non-ortho nitro benzene ring substituents is 1. The van der Waals surface area contributed by atoms with Crippen molar-refractivity contribution in [3.8, 4) is 0 Å². The van der Waals surface area contributed by atoms with E-state index in [9.17, 15) is 14.9 Å². The molecule has 6 nitrogen and oxygen atoms in total. The predicted octanol–water partition coefficient (Wildman–Crippen LogP) is 3.35. The van der Waals surface area contributed by atoms with Crippen molar-refractivity contribution >= 4 is 11.8 Å². The van der Waals surface area contributed by atoms with Crippen LogP contribution in [0.3, 0.4) is 0 Å². The molecule has 0 radical (unpaired) electrons. The highest BCUT2D eigenvalue weighted by Crippen LogP contribution is 2.63. The zero-order chi connectivity index (χ0) is 17.0. The number of fused-ring (bicyclic) bond motifs is 1. The number of nitrogens with zero attached hydrogens (tertiary/aromatic N) is 2. The van der Waals surface area contributed by atoms with Gasteiger partial charge in [0.1, 0.15) is 5.60 Å². The summed E-state index contributed by atoms with van der Waals surface area (Å²) in [5, 5.41) is 11.0. The molecule has 6 heteroatoms. The third-order valence-corrected chi connectivity index (χ3v) is 5.08. The molecule has 2 aliphatic rings. The Balaban J connectivity index is 1.70. The second-order valence-corrected chi connectivity index (χ2v) is 7.69. The first-order chi connectivity index (χ1) is 10.6. The molecule has 0 N–H and O–H groups in total. The fourth-order valence-electron chi connectivity index (χ4n) is 3.74. The van der Waals surface area contributed by atoms with Gasteiger partial charge in [-0.25, -0.2) is 4.79 Å². The maximum atomic E-state index is 12.1. The Morgan fingerprint density at radius 1 is 1.35 bits per heavy atom. The van der Waals surface area contributed by atoms with Gasteiger partial charge in [-0.15, -0.1) is 0 Å². The van der Waals surface area contributed by atoms with Gasteiger partial charge in [0.05, 0.1) is 4.92 Å². The van der Waals surface area contributed by atoms with Gasteiger partial charge in [-0.2, -0.15) is 0 Å². The number of ether oxygens (including phenoxy) is 1. The molecule has 0 bridgehead atoms. The number of nitro benzene ring substituents is 1. The van der Waals surface area contributed by atoms with Crippen molar-refractivity contribution in [1.29, 1.82) is 0 Å². The highest BCUT2D eigenvalue weighted by molar-refractivity contribution is 5.69. The van der Waals surface area contributed by atoms with Crippen LogP contribution in [0, 0.1) is 22.0 Å². The highest BCUT2D eigenvalue weighted by Gasteiger charge is 2.66. The lowest BCUT2D eigenvalue weighted by Gasteiger charge is -2.28. The molecule has 1 saturated carbocycles. The summed E-state index contributed by atoms with van der Waals surface area (Å²) in [5.74, 6) is 0.689. The van der Waals surface area contributed by atoms with Gasteiger partial charge < -0.3 is 9.64 Å². The maximum Gasteiger partial charge on any atom is 0.410 e. The predicted molar refractivity (Wildman–Crippen MR) is 85.2 cm³/mol. The van der Waals surface area contributed by atoms with Crippen molar-refractivity contribution in [2.75, 3.05) is 13.1 Å². The van der Waals surface area contributed by atoms with Crippen LogP contribution in [0.2, 0.25) is 0 Å². The SMILES string of the molecule is CC(C)(C)OC(=O)N1C[C@@H]2[C@H](C1)C2(C)c1cccc([N+](=O)[O-])c1. The number of hydrogen-bond acceptors (Lipinski definition) is 4. The molecular formula is C17H22N2O4. The van der Waals surface area contributed by atoms with E-state index in [0.717, 1.165) is 5.56 Å². The van der Waals surface area contributed by atoms with Crippen LogP contribution in [-0.2, 0) is 10.2 Å². The fraction of sp³-hybridized carbons (Fsp3) is 0.588. The van der Waals surface area contributed by atoms with Crippen molar-refractivity contribution < 1.29 is 14.5 Å². The van der Waals surface area contributed by atoms with E-state index in [-0.39, 0.29) is 22.1 Å². The van der Waals surface area contributed by atoms with E-state index >= 15 is 0 Å². The lowest BCUT2D eigenvalue weighted by Crippen LogP contribution is -2.38. The number of rotatable bonds is 2. The monoisotopic (exact) mass is 318 g/mol. The van der Waals surface area contributed by atoms with Crippen LogP contribution in [0.4, 0.5) is 10.5 Å². The third-order valence-electron chi connectivity index (χ3n) is 5.08. The topological polar surface area (TPSA) is 72.7 Å². The number of likely N-dealkylation sites (tertiary alicyclic amines) is 1. The minimum atomic E-state index is -0.493. The lowest BCUT2D eigenvalue weighted by molar-refractivity contribution is -0.384. The van der Waals surface area contributed by atoms with Crippen molar-refractivity contribution in [3.63, 3.8) is 0 Å². The van der Waals surface area contributed by atoms with Crippen molar-refractivity contribution in [3.05, 3.63) is 39.9 Å². The van der Waals surface area contributed by atoms with Gasteiger partial charge in [0.25, 0.3) is 5.69 Å². The Kier molecular flexibility index (Phi) is 3.39. The summed E-state index contributed by atoms with van der Waals surface area (Å²) < 4.78 is 5.41. The summed E-state index contributed by atoms with van der Waals surface area (Å²) >= 11 is 0. The first-order valence-electron chi connectivity index (χ1n) is 7.86. The summed E-state index contributed by atoms with van der Waals surface area (Å²) in [6.07, 6.45) is -0.272. The Morgan fingerprint density at radius 2 is 1.96 bits per heavy atom. The first kappa shape index (κ1) is 15.8. The van der Waals surface area contributed by atoms with Gasteiger partial charge in [0, 0.05) is 30.6 Å². The lowest BCUT2D eigenvalue weighted by atomic mass is 9.92. The van der Waals surface area contributed by atoms with Crippen molar-refractivity contribution in [2.45, 2.75) is 38.7 Å². The molecular weight excluding hydrogens is 296 g/mol. The fourth-order valence-corrected chi connectivity index (χ4v) is 3.74. The average Bonchev–Trinajstić information content (AvgIpc) is 2.85. The maximum absolute atomic E-state index is 12.1. The average molecular weight is 318 g/mol. The molecule has 1 heterocycles. The Labute approximate surface area is 135 Å². The third kappa shape index (κ3) is 2.66. The molecule has 1 aromatic carbocycles. The molecule has 1 aliphatic heterocycles. The van der Waals surface area contributed by atoms with Crippen LogP contribution in [0.5, 0.6) is 0 Å². The molecule has 1 unspecified atom stereocenters. The van der Waals surface area contributed by atoms with Crippen molar-refractivity contribution in [2.24, 2.45) is 11.8 Å². The first-order valence-corrected chi connectivity index (χ1v) is 7.86. The highest BCUT2D eigenvalue weighted by atomic mass is 16.6. The number of piperidine rings is 1. The summed E-state index contributed by atoms with van der Waals surface area (Å²) in [6, 6.07) is 6.86. The summed E-state index contributed by atoms with van der Waals surface area (Å²) in [5.41, 5.74) is 0.542. The van der Waals surface area contributed by atoms with E-state index in [4.69, 9.17) is 4.74 Å². The number of amides is 1. The van der Waals surface area contributed by atoms with Crippen LogP contribution in [-0.4, -0.2) is 34.6 Å². The van der Waals surface area contributed by atoms with Gasteiger partial charge in [-0.05, 0) is 38.2 Å². The molecule has 1 aliphatic carbocycles. The number of carbonyl (C=O) groups excluding carboxylic acids is 1. The van der Waals surface area contributed by atoms with E-state index < -0.39 is 5.60 Å². The zero-order valence-corrected chi connectivity index (χ0v) is 13.9. The zero-order valence-electron chi connectivity index (χ0n) is 13.9. The van der Waals surface area contributed by atoms with Crippen LogP contribution >= 0.6 is 0 Å². The Morgan fingerprint density at radius 3 is 2.48 bits per heavy atom. The van der Waals surface area contributed by atoms with Gasteiger partial charge in [0.2, 0.25) is 0 Å². The molecule has 0 aromatic heterocycles. The van der Waals surface area contributed by atoms with E-state index in [1.54, 1.807) is 17.0 Å². The van der Waals surface area contributed by atoms with Crippen LogP contribution in [0.1, 0.15) is 33.3 Å². The summed E-state index contributed by atoms with van der Waals surface area (Å²) in [6.45, 7) is 9.00. The minimum absolute atomic E-state index is 0.0788. The molecule has 23 heavy (non-hydrogen) atoms. The second kappa shape index (κ2) is 4.94. The molecule has 1 amide bonds. The van der Waals surface area contributed by atoms with E-state index in [2.05, 4.69) is 6.92 Å². The van der Waals surface area contributed by atoms with Crippen LogP contribution in [0.25, 0.3) is 0 Å². The second-order valence-electron chi connectivity index (χ2n) is 7.69. The Bertz CT molecular complexity index is 653. The number of benzene rings is 1. The van der Waals surface area contributed by atoms with E-state index in [1.165, 1.54) is 6.07 Å².